The zero-order valence-corrected chi connectivity index (χ0v) is 9.33. The van der Waals surface area contributed by atoms with Crippen LogP contribution in [0.5, 0.6) is 0 Å². The van der Waals surface area contributed by atoms with Crippen molar-refractivity contribution in [3.63, 3.8) is 0 Å². The van der Waals surface area contributed by atoms with Gasteiger partial charge in [-0.05, 0) is 18.6 Å². The van der Waals surface area contributed by atoms with Crippen LogP contribution in [0.15, 0.2) is 24.3 Å². The van der Waals surface area contributed by atoms with Crippen molar-refractivity contribution >= 4 is 29.2 Å². The van der Waals surface area contributed by atoms with E-state index in [9.17, 15) is 9.59 Å². The second kappa shape index (κ2) is 6.12. The molecular weight excluding hydrogens is 230 g/mol. The molecular formula is C11H12ClNO3. The molecule has 0 fully saturated rings. The number of anilines is 1. The quantitative estimate of drug-likeness (QED) is 0.833. The Balaban J connectivity index is 2.40. The molecule has 16 heavy (non-hydrogen) atoms. The normalized spacial score (nSPS) is 9.81. The standard InChI is InChI=1S/C11H12ClNO3/c12-8-4-1-2-5-9(8)13-10(14)6-3-7-11(15)16/h1-2,4-5H,3,6-7H2,(H,13,14)(H,15,16). The summed E-state index contributed by atoms with van der Waals surface area (Å²) in [6.45, 7) is 0. The number of para-hydroxylation sites is 1. The van der Waals surface area contributed by atoms with Gasteiger partial charge < -0.3 is 10.4 Å². The van der Waals surface area contributed by atoms with E-state index in [0.29, 0.717) is 17.1 Å². The van der Waals surface area contributed by atoms with Gasteiger partial charge in [-0.1, -0.05) is 23.7 Å². The topological polar surface area (TPSA) is 66.4 Å². The fourth-order valence-electron chi connectivity index (χ4n) is 1.18. The summed E-state index contributed by atoms with van der Waals surface area (Å²) in [7, 11) is 0. The number of rotatable bonds is 5. The number of carboxylic acid groups (broad SMARTS) is 1. The number of hydrogen-bond donors (Lipinski definition) is 2. The smallest absolute Gasteiger partial charge is 0.303 e. The summed E-state index contributed by atoms with van der Waals surface area (Å²) in [5.74, 6) is -1.13. The van der Waals surface area contributed by atoms with Crippen molar-refractivity contribution in [2.24, 2.45) is 0 Å². The Morgan fingerprint density at radius 3 is 2.56 bits per heavy atom. The molecule has 0 aromatic heterocycles. The van der Waals surface area contributed by atoms with Crippen LogP contribution in [-0.4, -0.2) is 17.0 Å². The summed E-state index contributed by atoms with van der Waals surface area (Å²) < 4.78 is 0. The molecule has 4 nitrogen and oxygen atoms in total. The lowest BCUT2D eigenvalue weighted by Crippen LogP contribution is -2.12. The molecule has 0 unspecified atom stereocenters. The minimum absolute atomic E-state index is 0.00403. The molecule has 0 aliphatic rings. The van der Waals surface area contributed by atoms with Crippen molar-refractivity contribution in [3.05, 3.63) is 29.3 Å². The molecule has 0 radical (unpaired) electrons. The van der Waals surface area contributed by atoms with Gasteiger partial charge in [-0.25, -0.2) is 0 Å². The van der Waals surface area contributed by atoms with E-state index in [1.54, 1.807) is 24.3 Å². The van der Waals surface area contributed by atoms with Crippen molar-refractivity contribution in [1.82, 2.24) is 0 Å². The van der Waals surface area contributed by atoms with E-state index in [4.69, 9.17) is 16.7 Å². The molecule has 1 aromatic carbocycles. The van der Waals surface area contributed by atoms with Crippen LogP contribution in [0.25, 0.3) is 0 Å². The molecule has 1 amide bonds. The lowest BCUT2D eigenvalue weighted by atomic mass is 10.2. The zero-order chi connectivity index (χ0) is 12.0. The molecule has 0 aliphatic carbocycles. The van der Waals surface area contributed by atoms with Gasteiger partial charge >= 0.3 is 5.97 Å². The molecule has 2 N–H and O–H groups in total. The summed E-state index contributed by atoms with van der Waals surface area (Å²) in [5, 5.41) is 11.5. The van der Waals surface area contributed by atoms with Crippen LogP contribution in [0.1, 0.15) is 19.3 Å². The zero-order valence-electron chi connectivity index (χ0n) is 8.57. The number of halogens is 1. The fourth-order valence-corrected chi connectivity index (χ4v) is 1.36. The van der Waals surface area contributed by atoms with Gasteiger partial charge in [0.1, 0.15) is 0 Å². The highest BCUT2D eigenvalue weighted by Gasteiger charge is 2.06. The number of carbonyl (C=O) groups is 2. The maximum Gasteiger partial charge on any atom is 0.303 e. The van der Waals surface area contributed by atoms with E-state index in [1.165, 1.54) is 0 Å². The fraction of sp³-hybridized carbons (Fsp3) is 0.273. The monoisotopic (exact) mass is 241 g/mol. The van der Waals surface area contributed by atoms with E-state index in [1.807, 2.05) is 0 Å². The lowest BCUT2D eigenvalue weighted by molar-refractivity contribution is -0.137. The van der Waals surface area contributed by atoms with Crippen LogP contribution in [0.3, 0.4) is 0 Å². The van der Waals surface area contributed by atoms with Crippen molar-refractivity contribution in [2.75, 3.05) is 5.32 Å². The molecule has 0 saturated heterocycles. The summed E-state index contributed by atoms with van der Waals surface area (Å²) in [6.07, 6.45) is 0.499. The molecule has 1 rings (SSSR count). The van der Waals surface area contributed by atoms with Gasteiger partial charge in [-0.2, -0.15) is 0 Å². The predicted octanol–water partition coefficient (Wildman–Crippen LogP) is 2.53. The average molecular weight is 242 g/mol. The first-order chi connectivity index (χ1) is 7.59. The summed E-state index contributed by atoms with van der Waals surface area (Å²) in [6, 6.07) is 6.90. The molecule has 0 heterocycles. The molecule has 5 heteroatoms. The molecule has 86 valence electrons. The van der Waals surface area contributed by atoms with Crippen molar-refractivity contribution in [2.45, 2.75) is 19.3 Å². The Bertz CT molecular complexity index is 393. The third-order valence-electron chi connectivity index (χ3n) is 1.94. The maximum absolute atomic E-state index is 11.4. The van der Waals surface area contributed by atoms with E-state index < -0.39 is 5.97 Å². The highest BCUT2D eigenvalue weighted by Crippen LogP contribution is 2.20. The van der Waals surface area contributed by atoms with Crippen LogP contribution in [0.4, 0.5) is 5.69 Å². The van der Waals surface area contributed by atoms with Gasteiger partial charge in [-0.3, -0.25) is 9.59 Å². The van der Waals surface area contributed by atoms with Crippen molar-refractivity contribution in [3.8, 4) is 0 Å². The average Bonchev–Trinajstić information content (AvgIpc) is 2.21. The Kier molecular flexibility index (Phi) is 4.79. The van der Waals surface area contributed by atoms with Crippen LogP contribution in [0.2, 0.25) is 5.02 Å². The molecule has 0 atom stereocenters. The Hall–Kier alpha value is -1.55. The lowest BCUT2D eigenvalue weighted by Gasteiger charge is -2.05. The molecule has 1 aromatic rings. The summed E-state index contributed by atoms with van der Waals surface area (Å²) in [5.41, 5.74) is 0.546. The molecule has 0 saturated carbocycles. The van der Waals surface area contributed by atoms with Crippen LogP contribution >= 0.6 is 11.6 Å². The third kappa shape index (κ3) is 4.31. The molecule has 0 aliphatic heterocycles. The van der Waals surface area contributed by atoms with Gasteiger partial charge in [0.25, 0.3) is 0 Å². The van der Waals surface area contributed by atoms with Crippen LogP contribution < -0.4 is 5.32 Å². The molecule has 0 bridgehead atoms. The van der Waals surface area contributed by atoms with Gasteiger partial charge in [0.15, 0.2) is 0 Å². The number of amides is 1. The number of benzene rings is 1. The molecule has 0 spiro atoms. The highest BCUT2D eigenvalue weighted by molar-refractivity contribution is 6.33. The van der Waals surface area contributed by atoms with Gasteiger partial charge in [-0.15, -0.1) is 0 Å². The van der Waals surface area contributed by atoms with E-state index in [2.05, 4.69) is 5.32 Å². The number of aliphatic carboxylic acids is 1. The third-order valence-corrected chi connectivity index (χ3v) is 2.27. The van der Waals surface area contributed by atoms with Gasteiger partial charge in [0, 0.05) is 12.8 Å². The van der Waals surface area contributed by atoms with Crippen LogP contribution in [-0.2, 0) is 9.59 Å². The Morgan fingerprint density at radius 1 is 1.25 bits per heavy atom. The second-order valence-electron chi connectivity index (χ2n) is 3.28. The SMILES string of the molecule is O=C(O)CCCC(=O)Nc1ccccc1Cl. The minimum atomic E-state index is -0.898. The number of carbonyl (C=O) groups excluding carboxylic acids is 1. The van der Waals surface area contributed by atoms with Gasteiger partial charge in [0.05, 0.1) is 10.7 Å². The number of carboxylic acids is 1. The second-order valence-corrected chi connectivity index (χ2v) is 3.68. The first kappa shape index (κ1) is 12.5. The van der Waals surface area contributed by atoms with E-state index >= 15 is 0 Å². The summed E-state index contributed by atoms with van der Waals surface area (Å²) >= 11 is 5.84. The minimum Gasteiger partial charge on any atom is -0.481 e. The van der Waals surface area contributed by atoms with Crippen molar-refractivity contribution < 1.29 is 14.7 Å². The van der Waals surface area contributed by atoms with E-state index in [-0.39, 0.29) is 18.7 Å². The van der Waals surface area contributed by atoms with E-state index in [0.717, 1.165) is 0 Å². The van der Waals surface area contributed by atoms with Crippen LogP contribution in [0, 0.1) is 0 Å². The Labute approximate surface area is 98.2 Å². The number of nitrogens with one attached hydrogen (secondary N) is 1. The Morgan fingerprint density at radius 2 is 1.94 bits per heavy atom. The summed E-state index contributed by atoms with van der Waals surface area (Å²) in [4.78, 5) is 21.6. The highest BCUT2D eigenvalue weighted by atomic mass is 35.5. The first-order valence-corrected chi connectivity index (χ1v) is 5.23. The predicted molar refractivity (Wildman–Crippen MR) is 61.6 cm³/mol. The number of hydrogen-bond acceptors (Lipinski definition) is 2. The first-order valence-electron chi connectivity index (χ1n) is 4.86. The van der Waals surface area contributed by atoms with Crippen molar-refractivity contribution in [1.29, 1.82) is 0 Å². The maximum atomic E-state index is 11.4. The van der Waals surface area contributed by atoms with Gasteiger partial charge in [0.2, 0.25) is 5.91 Å². The largest absolute Gasteiger partial charge is 0.481 e.